The van der Waals surface area contributed by atoms with Crippen molar-refractivity contribution in [2.24, 2.45) is 0 Å². The first kappa shape index (κ1) is 20.4. The normalized spacial score (nSPS) is 10.4. The standard InChI is InChI=1S/C25H25NO3/c1-19(2)25(28)29-17-16-20-8-12-23(13-9-20)26(22-6-4-3-5-7-22)24-14-10-21(18-27)11-15-24/h3-15,27H,1,16-18H2,2H3. The highest BCUT2D eigenvalue weighted by molar-refractivity contribution is 5.86. The Hall–Kier alpha value is -3.37. The largest absolute Gasteiger partial charge is 0.462 e. The fourth-order valence-electron chi connectivity index (χ4n) is 2.97. The average molecular weight is 387 g/mol. The van der Waals surface area contributed by atoms with Gasteiger partial charge in [-0.05, 0) is 54.4 Å². The predicted octanol–water partition coefficient (Wildman–Crippen LogP) is 5.31. The van der Waals surface area contributed by atoms with Crippen molar-refractivity contribution in [2.45, 2.75) is 20.0 Å². The number of para-hydroxylation sites is 1. The van der Waals surface area contributed by atoms with Gasteiger partial charge in [-0.25, -0.2) is 4.79 Å². The molecule has 0 unspecified atom stereocenters. The van der Waals surface area contributed by atoms with Gasteiger partial charge in [-0.3, -0.25) is 0 Å². The zero-order valence-electron chi connectivity index (χ0n) is 16.5. The number of carbonyl (C=O) groups is 1. The van der Waals surface area contributed by atoms with Crippen molar-refractivity contribution < 1.29 is 14.6 Å². The lowest BCUT2D eigenvalue weighted by molar-refractivity contribution is -0.138. The Morgan fingerprint density at radius 1 is 0.862 bits per heavy atom. The van der Waals surface area contributed by atoms with Gasteiger partial charge in [0, 0.05) is 29.1 Å². The molecular formula is C25H25NO3. The molecule has 0 spiro atoms. The average Bonchev–Trinajstić information content (AvgIpc) is 2.76. The summed E-state index contributed by atoms with van der Waals surface area (Å²) in [5.41, 5.74) is 5.46. The quantitative estimate of drug-likeness (QED) is 0.420. The minimum absolute atomic E-state index is 0.0241. The van der Waals surface area contributed by atoms with Crippen molar-refractivity contribution in [2.75, 3.05) is 11.5 Å². The number of esters is 1. The van der Waals surface area contributed by atoms with Crippen LogP contribution in [0.15, 0.2) is 91.0 Å². The number of aliphatic hydroxyl groups is 1. The molecule has 3 rings (SSSR count). The van der Waals surface area contributed by atoms with E-state index < -0.39 is 0 Å². The Morgan fingerprint density at radius 3 is 1.90 bits per heavy atom. The molecule has 4 heteroatoms. The van der Waals surface area contributed by atoms with Crippen molar-refractivity contribution >= 4 is 23.0 Å². The molecule has 3 aromatic rings. The maximum Gasteiger partial charge on any atom is 0.333 e. The van der Waals surface area contributed by atoms with E-state index in [-0.39, 0.29) is 12.6 Å². The molecule has 0 saturated carbocycles. The topological polar surface area (TPSA) is 49.8 Å². The summed E-state index contributed by atoms with van der Waals surface area (Å²) in [6.45, 7) is 5.58. The van der Waals surface area contributed by atoms with E-state index in [1.165, 1.54) is 0 Å². The van der Waals surface area contributed by atoms with E-state index in [0.29, 0.717) is 18.6 Å². The summed E-state index contributed by atoms with van der Waals surface area (Å²) in [5, 5.41) is 9.32. The van der Waals surface area contributed by atoms with Crippen molar-refractivity contribution in [1.29, 1.82) is 0 Å². The Bertz CT molecular complexity index is 948. The Labute approximate surface area is 171 Å². The predicted molar refractivity (Wildman–Crippen MR) is 117 cm³/mol. The molecule has 0 fully saturated rings. The van der Waals surface area contributed by atoms with Crippen LogP contribution in [0.1, 0.15) is 18.1 Å². The first-order chi connectivity index (χ1) is 14.1. The summed E-state index contributed by atoms with van der Waals surface area (Å²) in [7, 11) is 0. The smallest absolute Gasteiger partial charge is 0.333 e. The van der Waals surface area contributed by atoms with E-state index in [0.717, 1.165) is 28.2 Å². The highest BCUT2D eigenvalue weighted by Gasteiger charge is 2.12. The third kappa shape index (κ3) is 5.33. The van der Waals surface area contributed by atoms with E-state index in [4.69, 9.17) is 4.74 Å². The second kappa shape index (κ2) is 9.71. The van der Waals surface area contributed by atoms with Crippen molar-refractivity contribution in [3.8, 4) is 0 Å². The van der Waals surface area contributed by atoms with Crippen LogP contribution in [0.2, 0.25) is 0 Å². The van der Waals surface area contributed by atoms with Gasteiger partial charge in [-0.1, -0.05) is 49.0 Å². The molecule has 0 radical (unpaired) electrons. The highest BCUT2D eigenvalue weighted by atomic mass is 16.5. The van der Waals surface area contributed by atoms with Gasteiger partial charge < -0.3 is 14.7 Å². The molecule has 4 nitrogen and oxygen atoms in total. The first-order valence-corrected chi connectivity index (χ1v) is 9.55. The number of benzene rings is 3. The monoisotopic (exact) mass is 387 g/mol. The lowest BCUT2D eigenvalue weighted by Crippen LogP contribution is -2.10. The molecule has 0 aliphatic heterocycles. The van der Waals surface area contributed by atoms with Crippen LogP contribution in [0.4, 0.5) is 17.1 Å². The summed E-state index contributed by atoms with van der Waals surface area (Å²) in [6.07, 6.45) is 0.649. The molecule has 0 amide bonds. The minimum Gasteiger partial charge on any atom is -0.462 e. The summed E-state index contributed by atoms with van der Waals surface area (Å²) < 4.78 is 5.18. The molecule has 0 saturated heterocycles. The van der Waals surface area contributed by atoms with Crippen LogP contribution in [0, 0.1) is 0 Å². The van der Waals surface area contributed by atoms with Crippen LogP contribution in [-0.4, -0.2) is 17.7 Å². The van der Waals surface area contributed by atoms with Crippen molar-refractivity contribution in [3.63, 3.8) is 0 Å². The number of ether oxygens (including phenoxy) is 1. The van der Waals surface area contributed by atoms with Crippen LogP contribution in [0.25, 0.3) is 0 Å². The van der Waals surface area contributed by atoms with Crippen LogP contribution in [0.3, 0.4) is 0 Å². The van der Waals surface area contributed by atoms with Crippen LogP contribution < -0.4 is 4.90 Å². The number of aliphatic hydroxyl groups excluding tert-OH is 1. The fourth-order valence-corrected chi connectivity index (χ4v) is 2.97. The fraction of sp³-hybridized carbons (Fsp3) is 0.160. The van der Waals surface area contributed by atoms with Gasteiger partial charge >= 0.3 is 5.97 Å². The first-order valence-electron chi connectivity index (χ1n) is 9.55. The van der Waals surface area contributed by atoms with E-state index in [2.05, 4.69) is 35.7 Å². The van der Waals surface area contributed by atoms with E-state index in [1.54, 1.807) is 6.92 Å². The van der Waals surface area contributed by atoms with Gasteiger partial charge in [0.2, 0.25) is 0 Å². The van der Waals surface area contributed by atoms with Gasteiger partial charge in [0.25, 0.3) is 0 Å². The van der Waals surface area contributed by atoms with E-state index in [1.807, 2.05) is 54.6 Å². The number of hydrogen-bond acceptors (Lipinski definition) is 4. The number of hydrogen-bond donors (Lipinski definition) is 1. The Balaban J connectivity index is 1.81. The van der Waals surface area contributed by atoms with Gasteiger partial charge in [0.1, 0.15) is 0 Å². The van der Waals surface area contributed by atoms with Gasteiger partial charge in [0.15, 0.2) is 0 Å². The molecule has 0 heterocycles. The third-order valence-electron chi connectivity index (χ3n) is 4.56. The van der Waals surface area contributed by atoms with Crippen molar-refractivity contribution in [1.82, 2.24) is 0 Å². The third-order valence-corrected chi connectivity index (χ3v) is 4.56. The molecule has 0 aromatic heterocycles. The molecular weight excluding hydrogens is 362 g/mol. The maximum atomic E-state index is 11.5. The Morgan fingerprint density at radius 2 is 1.38 bits per heavy atom. The molecule has 29 heavy (non-hydrogen) atoms. The molecule has 1 N–H and O–H groups in total. The Kier molecular flexibility index (Phi) is 6.82. The van der Waals surface area contributed by atoms with Gasteiger partial charge in [-0.15, -0.1) is 0 Å². The molecule has 148 valence electrons. The van der Waals surface area contributed by atoms with E-state index in [9.17, 15) is 9.90 Å². The minimum atomic E-state index is -0.358. The van der Waals surface area contributed by atoms with Crippen LogP contribution in [-0.2, 0) is 22.6 Å². The molecule has 3 aromatic carbocycles. The second-order valence-electron chi connectivity index (χ2n) is 6.83. The number of rotatable bonds is 8. The molecule has 0 aliphatic rings. The zero-order valence-corrected chi connectivity index (χ0v) is 16.5. The van der Waals surface area contributed by atoms with Crippen molar-refractivity contribution in [3.05, 3.63) is 102 Å². The lowest BCUT2D eigenvalue weighted by atomic mass is 10.1. The van der Waals surface area contributed by atoms with Gasteiger partial charge in [0.05, 0.1) is 13.2 Å². The number of nitrogens with zero attached hydrogens (tertiary/aromatic N) is 1. The van der Waals surface area contributed by atoms with Crippen LogP contribution in [0.5, 0.6) is 0 Å². The number of carbonyl (C=O) groups excluding carboxylic acids is 1. The molecule has 0 aliphatic carbocycles. The second-order valence-corrected chi connectivity index (χ2v) is 6.83. The highest BCUT2D eigenvalue weighted by Crippen LogP contribution is 2.34. The summed E-state index contributed by atoms with van der Waals surface area (Å²) >= 11 is 0. The zero-order chi connectivity index (χ0) is 20.6. The number of anilines is 3. The summed E-state index contributed by atoms with van der Waals surface area (Å²) in [4.78, 5) is 13.7. The van der Waals surface area contributed by atoms with Crippen LogP contribution >= 0.6 is 0 Å². The van der Waals surface area contributed by atoms with E-state index >= 15 is 0 Å². The molecule has 0 atom stereocenters. The summed E-state index contributed by atoms with van der Waals surface area (Å²) in [6, 6.07) is 26.2. The van der Waals surface area contributed by atoms with Gasteiger partial charge in [-0.2, -0.15) is 0 Å². The maximum absolute atomic E-state index is 11.5. The summed E-state index contributed by atoms with van der Waals surface area (Å²) in [5.74, 6) is -0.358. The lowest BCUT2D eigenvalue weighted by Gasteiger charge is -2.25. The molecule has 0 bridgehead atoms. The SMILES string of the molecule is C=C(C)C(=O)OCCc1ccc(N(c2ccccc2)c2ccc(CO)cc2)cc1.